The van der Waals surface area contributed by atoms with Gasteiger partial charge in [0.2, 0.25) is 11.4 Å². The molecule has 1 aliphatic carbocycles. The van der Waals surface area contributed by atoms with E-state index in [0.717, 1.165) is 0 Å². The monoisotopic (exact) mass is 579 g/mol. The quantitative estimate of drug-likeness (QED) is 0.240. The minimum absolute atomic E-state index is 0.0453. The first-order chi connectivity index (χ1) is 17.5. The van der Waals surface area contributed by atoms with Crippen molar-refractivity contribution in [2.75, 3.05) is 39.3 Å². The summed E-state index contributed by atoms with van der Waals surface area (Å²) in [5.74, 6) is -1.51. The lowest BCUT2D eigenvalue weighted by Gasteiger charge is -2.63. The highest BCUT2D eigenvalue weighted by atomic mass is 79.9. The molecule has 0 aromatic heterocycles. The third-order valence-corrected chi connectivity index (χ3v) is 9.70. The number of hydrogen-bond acceptors (Lipinski definition) is 10. The maximum absolute atomic E-state index is 13.6. The molecule has 1 saturated heterocycles. The number of carbonyl (C=O) groups is 2. The Bertz CT molecular complexity index is 1240. The third-order valence-electron chi connectivity index (χ3n) is 8.96. The number of esters is 2. The van der Waals surface area contributed by atoms with Crippen molar-refractivity contribution >= 4 is 39.2 Å². The summed E-state index contributed by atoms with van der Waals surface area (Å²) in [6.45, 7) is 4.44. The molecule has 5 rings (SSSR count). The van der Waals surface area contributed by atoms with E-state index in [0.29, 0.717) is 41.7 Å². The number of nitro groups is 1. The number of fused-ring (bicyclic) bond motifs is 1. The van der Waals surface area contributed by atoms with Crippen molar-refractivity contribution in [3.05, 3.63) is 38.4 Å². The lowest BCUT2D eigenvalue weighted by atomic mass is 9.47. The Morgan fingerprint density at radius 2 is 2.03 bits per heavy atom. The van der Waals surface area contributed by atoms with E-state index in [2.05, 4.69) is 20.8 Å². The fourth-order valence-corrected chi connectivity index (χ4v) is 8.84. The maximum atomic E-state index is 13.6. The molecule has 200 valence electrons. The SMILES string of the molecule is CC[C@]12C=CCN3CC[C@@]4(c5cc([N+](=O)[O-])c(OC)c(Br)c5N(C)[C@H]4[C@@](O)(C(=O)OC)[C@@H]1OC(C)=O)[C@@H]32. The number of nitrogens with zero attached hydrogens (tertiary/aromatic N) is 3. The van der Waals surface area contributed by atoms with Crippen molar-refractivity contribution in [3.8, 4) is 5.75 Å². The van der Waals surface area contributed by atoms with Crippen LogP contribution in [0, 0.1) is 15.5 Å². The van der Waals surface area contributed by atoms with Crippen LogP contribution in [0.4, 0.5) is 11.4 Å². The van der Waals surface area contributed by atoms with Crippen molar-refractivity contribution in [2.45, 2.75) is 55.9 Å². The van der Waals surface area contributed by atoms with E-state index in [-0.39, 0.29) is 17.5 Å². The van der Waals surface area contributed by atoms with Crippen LogP contribution in [0.2, 0.25) is 0 Å². The van der Waals surface area contributed by atoms with Gasteiger partial charge in [0.15, 0.2) is 6.10 Å². The Hall–Kier alpha value is -2.70. The summed E-state index contributed by atoms with van der Waals surface area (Å²) in [6.07, 6.45) is 3.62. The van der Waals surface area contributed by atoms with Crippen LogP contribution in [0.5, 0.6) is 5.75 Å². The summed E-state index contributed by atoms with van der Waals surface area (Å²) in [5.41, 5.74) is -3.18. The van der Waals surface area contributed by atoms with Crippen LogP contribution in [0.3, 0.4) is 0 Å². The maximum Gasteiger partial charge on any atom is 0.344 e. The second-order valence-electron chi connectivity index (χ2n) is 10.3. The van der Waals surface area contributed by atoms with Crippen LogP contribution in [0.1, 0.15) is 32.3 Å². The largest absolute Gasteiger partial charge is 0.489 e. The molecule has 1 aromatic rings. The Balaban J connectivity index is 1.92. The number of methoxy groups -OCH3 is 2. The Labute approximate surface area is 222 Å². The molecule has 1 aromatic carbocycles. The number of nitro benzene ring substituents is 1. The van der Waals surface area contributed by atoms with Crippen LogP contribution in [0.15, 0.2) is 22.7 Å². The van der Waals surface area contributed by atoms with Crippen LogP contribution >= 0.6 is 15.9 Å². The summed E-state index contributed by atoms with van der Waals surface area (Å²) < 4.78 is 16.8. The van der Waals surface area contributed by atoms with E-state index in [1.165, 1.54) is 27.2 Å². The zero-order valence-electron chi connectivity index (χ0n) is 21.3. The van der Waals surface area contributed by atoms with E-state index in [9.17, 15) is 24.8 Å². The number of carbonyl (C=O) groups excluding carboxylic acids is 2. The van der Waals surface area contributed by atoms with Crippen LogP contribution in [-0.4, -0.2) is 85.0 Å². The number of ether oxygens (including phenoxy) is 3. The molecule has 0 bridgehead atoms. The molecule has 1 spiro atoms. The molecule has 1 saturated carbocycles. The first-order valence-electron chi connectivity index (χ1n) is 12.1. The molecule has 1 N–H and O–H groups in total. The van der Waals surface area contributed by atoms with Crippen LogP contribution in [-0.2, 0) is 24.5 Å². The van der Waals surface area contributed by atoms with Crippen LogP contribution in [0.25, 0.3) is 0 Å². The van der Waals surface area contributed by atoms with Crippen molar-refractivity contribution in [1.82, 2.24) is 4.90 Å². The van der Waals surface area contributed by atoms with E-state index in [1.807, 2.05) is 19.1 Å². The minimum atomic E-state index is -2.29. The van der Waals surface area contributed by atoms with Gasteiger partial charge in [-0.25, -0.2) is 4.79 Å². The Morgan fingerprint density at radius 1 is 1.32 bits per heavy atom. The number of rotatable bonds is 5. The molecule has 0 amide bonds. The fraction of sp³-hybridized carbons (Fsp3) is 0.600. The molecular weight excluding hydrogens is 550 g/mol. The second-order valence-corrected chi connectivity index (χ2v) is 11.1. The van der Waals surface area contributed by atoms with Gasteiger partial charge < -0.3 is 24.2 Å². The number of benzene rings is 1. The highest BCUT2D eigenvalue weighted by molar-refractivity contribution is 9.10. The summed E-state index contributed by atoms with van der Waals surface area (Å²) in [7, 11) is 4.27. The van der Waals surface area contributed by atoms with Gasteiger partial charge in [-0.3, -0.25) is 19.8 Å². The van der Waals surface area contributed by atoms with Gasteiger partial charge in [0.1, 0.15) is 0 Å². The predicted molar refractivity (Wildman–Crippen MR) is 136 cm³/mol. The van der Waals surface area contributed by atoms with Crippen molar-refractivity contribution < 1.29 is 33.8 Å². The lowest BCUT2D eigenvalue weighted by molar-refractivity contribution is -0.385. The van der Waals surface area contributed by atoms with E-state index in [4.69, 9.17) is 14.2 Å². The van der Waals surface area contributed by atoms with Crippen molar-refractivity contribution in [1.29, 1.82) is 0 Å². The summed E-state index contributed by atoms with van der Waals surface area (Å²) in [6, 6.07) is 0.246. The van der Waals surface area contributed by atoms with Gasteiger partial charge in [0.05, 0.1) is 35.3 Å². The topological polar surface area (TPSA) is 132 Å². The standard InChI is InChI=1S/C25H30BrN3O8/c1-6-23-8-7-10-28-11-9-24(19(23)28)14-12-15(29(33)34)18(35-4)16(26)17(14)27(3)20(24)25(32,22(31)36-5)21(23)37-13(2)30/h7-8,12,19-21,32H,6,9-11H2,1-5H3/t19-,20+,21+,23+,24+,25-/m0/s1. The molecule has 11 nitrogen and oxygen atoms in total. The van der Waals surface area contributed by atoms with E-state index >= 15 is 0 Å². The lowest BCUT2D eigenvalue weighted by Crippen LogP contribution is -2.81. The smallest absolute Gasteiger partial charge is 0.344 e. The fourth-order valence-electron chi connectivity index (χ4n) is 7.98. The first-order valence-corrected chi connectivity index (χ1v) is 12.9. The molecule has 4 aliphatic rings. The second kappa shape index (κ2) is 8.40. The third kappa shape index (κ3) is 2.94. The number of halogens is 1. The van der Waals surface area contributed by atoms with Gasteiger partial charge in [-0.1, -0.05) is 19.1 Å². The number of hydrogen-bond donors (Lipinski definition) is 1. The van der Waals surface area contributed by atoms with Gasteiger partial charge in [-0.15, -0.1) is 0 Å². The van der Waals surface area contributed by atoms with Crippen LogP contribution < -0.4 is 9.64 Å². The zero-order valence-corrected chi connectivity index (χ0v) is 22.9. The summed E-state index contributed by atoms with van der Waals surface area (Å²) in [5, 5.41) is 24.7. The van der Waals surface area contributed by atoms with Gasteiger partial charge in [0.25, 0.3) is 0 Å². The number of anilines is 1. The molecule has 2 fully saturated rings. The summed E-state index contributed by atoms with van der Waals surface area (Å²) >= 11 is 3.54. The molecule has 6 atom stereocenters. The highest BCUT2D eigenvalue weighted by Crippen LogP contribution is 2.69. The summed E-state index contributed by atoms with van der Waals surface area (Å²) in [4.78, 5) is 41.7. The normalized spacial score (nSPS) is 35.4. The molecule has 0 radical (unpaired) electrons. The number of likely N-dealkylation sites (N-methyl/N-ethyl adjacent to an activating group) is 1. The molecule has 0 unspecified atom stereocenters. The van der Waals surface area contributed by atoms with Gasteiger partial charge in [0, 0.05) is 43.5 Å². The van der Waals surface area contributed by atoms with Gasteiger partial charge >= 0.3 is 17.6 Å². The van der Waals surface area contributed by atoms with E-state index in [1.54, 1.807) is 11.9 Å². The average Bonchev–Trinajstić information content (AvgIpc) is 3.37. The molecule has 3 heterocycles. The molecule has 37 heavy (non-hydrogen) atoms. The van der Waals surface area contributed by atoms with Gasteiger partial charge in [-0.2, -0.15) is 0 Å². The first kappa shape index (κ1) is 25.9. The molecule has 3 aliphatic heterocycles. The molecular formula is C25H30BrN3O8. The van der Waals surface area contributed by atoms with Crippen molar-refractivity contribution in [3.63, 3.8) is 0 Å². The molecule has 12 heteroatoms. The van der Waals surface area contributed by atoms with E-state index < -0.39 is 45.4 Å². The zero-order chi connectivity index (χ0) is 27.1. The average molecular weight is 580 g/mol. The highest BCUT2D eigenvalue weighted by Gasteiger charge is 2.80. The van der Waals surface area contributed by atoms with Crippen molar-refractivity contribution in [2.24, 2.45) is 5.41 Å². The minimum Gasteiger partial charge on any atom is -0.489 e. The number of aliphatic hydroxyl groups is 1. The Morgan fingerprint density at radius 3 is 2.59 bits per heavy atom. The Kier molecular flexibility index (Phi) is 5.89. The van der Waals surface area contributed by atoms with Gasteiger partial charge in [-0.05, 0) is 40.9 Å². The predicted octanol–water partition coefficient (Wildman–Crippen LogP) is 2.31.